The largest absolute Gasteiger partial charge is 0.368 e. The van der Waals surface area contributed by atoms with Crippen LogP contribution in [-0.4, -0.2) is 33.9 Å². The van der Waals surface area contributed by atoms with Crippen LogP contribution in [0.3, 0.4) is 0 Å². The second-order valence-electron chi connectivity index (χ2n) is 4.66. The minimum Gasteiger partial charge on any atom is -0.368 e. The molecule has 0 spiro atoms. The highest BCUT2D eigenvalue weighted by atomic mass is 32.2. The van der Waals surface area contributed by atoms with Crippen LogP contribution in [0.1, 0.15) is 5.56 Å². The summed E-state index contributed by atoms with van der Waals surface area (Å²) in [6, 6.07) is 13.3. The Morgan fingerprint density at radius 2 is 1.78 bits per heavy atom. The molecule has 3 rings (SSSR count). The lowest BCUT2D eigenvalue weighted by Gasteiger charge is -1.95. The summed E-state index contributed by atoms with van der Waals surface area (Å²) in [7, 11) is -4.02. The average molecular weight is 333 g/mol. The zero-order chi connectivity index (χ0) is 17.0. The molecule has 23 heavy (non-hydrogen) atoms. The number of aromatic nitrogens is 3. The van der Waals surface area contributed by atoms with Crippen LogP contribution < -0.4 is 5.73 Å². The number of aryl methyl sites for hydroxylation is 1. The van der Waals surface area contributed by atoms with Crippen molar-refractivity contribution in [1.29, 1.82) is 5.41 Å². The Kier molecular flexibility index (Phi) is 4.72. The van der Waals surface area contributed by atoms with Crippen LogP contribution in [0.15, 0.2) is 53.4 Å². The Morgan fingerprint density at radius 1 is 1.17 bits per heavy atom. The molecule has 0 radical (unpaired) electrons. The van der Waals surface area contributed by atoms with Crippen LogP contribution in [0, 0.1) is 12.3 Å². The Labute approximate surface area is 132 Å². The number of hydrogen-bond acceptors (Lipinski definition) is 5. The number of nitrogens with zero attached hydrogens (tertiary/aromatic N) is 3. The van der Waals surface area contributed by atoms with Crippen molar-refractivity contribution in [3.05, 3.63) is 54.1 Å². The average Bonchev–Trinajstić information content (AvgIpc) is 2.91. The quantitative estimate of drug-likeness (QED) is 0.350. The summed E-state index contributed by atoms with van der Waals surface area (Å²) in [4.78, 5) is -0.0666. The van der Waals surface area contributed by atoms with Crippen molar-refractivity contribution in [3.63, 3.8) is 0 Å². The van der Waals surface area contributed by atoms with Crippen molar-refractivity contribution in [2.24, 2.45) is 5.73 Å². The van der Waals surface area contributed by atoms with Gasteiger partial charge in [-0.25, -0.2) is 0 Å². The van der Waals surface area contributed by atoms with Gasteiger partial charge in [0.2, 0.25) is 5.96 Å². The molecular formula is C14H15N5O3S. The monoisotopic (exact) mass is 333 g/mol. The van der Waals surface area contributed by atoms with Gasteiger partial charge in [-0.15, -0.1) is 5.10 Å². The minimum absolute atomic E-state index is 0.0666. The summed E-state index contributed by atoms with van der Waals surface area (Å²) in [6.07, 6.45) is 0. The van der Waals surface area contributed by atoms with Crippen molar-refractivity contribution in [2.75, 3.05) is 0 Å². The zero-order valence-corrected chi connectivity index (χ0v) is 13.0. The molecule has 8 nitrogen and oxygen atoms in total. The maximum atomic E-state index is 10.5. The van der Waals surface area contributed by atoms with Crippen LogP contribution in [0.25, 0.3) is 11.0 Å². The van der Waals surface area contributed by atoms with Gasteiger partial charge in [-0.3, -0.25) is 9.96 Å². The molecule has 1 aromatic heterocycles. The van der Waals surface area contributed by atoms with E-state index in [0.717, 1.165) is 16.6 Å². The first kappa shape index (κ1) is 16.6. The number of nitrogen functional groups attached to an aromatic ring is 1. The molecule has 0 saturated carbocycles. The smallest absolute Gasteiger partial charge is 0.294 e. The number of para-hydroxylation sites is 1. The first-order chi connectivity index (χ1) is 10.8. The van der Waals surface area contributed by atoms with E-state index < -0.39 is 10.1 Å². The van der Waals surface area contributed by atoms with E-state index in [1.54, 1.807) is 12.1 Å². The summed E-state index contributed by atoms with van der Waals surface area (Å²) in [5.74, 6) is -0.122. The lowest BCUT2D eigenvalue weighted by Crippen LogP contribution is -2.21. The predicted molar refractivity (Wildman–Crippen MR) is 85.8 cm³/mol. The molecular weight excluding hydrogens is 318 g/mol. The fourth-order valence-electron chi connectivity index (χ4n) is 1.76. The van der Waals surface area contributed by atoms with Crippen molar-refractivity contribution in [2.45, 2.75) is 11.8 Å². The molecule has 0 saturated heterocycles. The molecule has 120 valence electrons. The summed E-state index contributed by atoms with van der Waals surface area (Å²) >= 11 is 0. The molecule has 0 unspecified atom stereocenters. The molecule has 0 fully saturated rings. The maximum absolute atomic E-state index is 10.5. The summed E-state index contributed by atoms with van der Waals surface area (Å²) in [5.41, 5.74) is 7.72. The van der Waals surface area contributed by atoms with Gasteiger partial charge in [0.25, 0.3) is 10.1 Å². The Hall–Kier alpha value is -2.78. The highest BCUT2D eigenvalue weighted by molar-refractivity contribution is 7.85. The van der Waals surface area contributed by atoms with Gasteiger partial charge in [-0.2, -0.15) is 13.1 Å². The van der Waals surface area contributed by atoms with Gasteiger partial charge in [0.05, 0.1) is 10.4 Å². The molecule has 3 aromatic rings. The second kappa shape index (κ2) is 6.55. The van der Waals surface area contributed by atoms with E-state index in [0.29, 0.717) is 0 Å². The SMILES string of the molecule is Cc1ccc(S(=O)(=O)O)cc1.N=C(N)n1nnc2ccccc21. The number of nitrogens with one attached hydrogen (secondary N) is 1. The predicted octanol–water partition coefficient (Wildman–Crippen LogP) is 1.41. The molecule has 0 aliphatic heterocycles. The van der Waals surface area contributed by atoms with Gasteiger partial charge >= 0.3 is 0 Å². The fraction of sp³-hybridized carbons (Fsp3) is 0.0714. The van der Waals surface area contributed by atoms with Crippen molar-refractivity contribution in [1.82, 2.24) is 15.0 Å². The molecule has 0 atom stereocenters. The number of rotatable bonds is 1. The molecule has 1 heterocycles. The second-order valence-corrected chi connectivity index (χ2v) is 6.08. The lowest BCUT2D eigenvalue weighted by atomic mass is 10.2. The number of benzene rings is 2. The van der Waals surface area contributed by atoms with Crippen LogP contribution >= 0.6 is 0 Å². The third-order valence-electron chi connectivity index (χ3n) is 2.90. The van der Waals surface area contributed by atoms with Gasteiger partial charge in [0.1, 0.15) is 5.52 Å². The molecule has 0 bridgehead atoms. The van der Waals surface area contributed by atoms with Crippen LogP contribution in [-0.2, 0) is 10.1 Å². The Balaban J connectivity index is 0.000000168. The Morgan fingerprint density at radius 3 is 2.35 bits per heavy atom. The van der Waals surface area contributed by atoms with Crippen molar-refractivity contribution in [3.8, 4) is 0 Å². The maximum Gasteiger partial charge on any atom is 0.294 e. The highest BCUT2D eigenvalue weighted by Gasteiger charge is 2.06. The molecule has 9 heteroatoms. The lowest BCUT2D eigenvalue weighted by molar-refractivity contribution is 0.483. The molecule has 0 aliphatic rings. The fourth-order valence-corrected chi connectivity index (χ4v) is 2.24. The Bertz CT molecular complexity index is 932. The van der Waals surface area contributed by atoms with Gasteiger partial charge in [0.15, 0.2) is 0 Å². The normalized spacial score (nSPS) is 10.9. The highest BCUT2D eigenvalue weighted by Crippen LogP contribution is 2.09. The van der Waals surface area contributed by atoms with E-state index >= 15 is 0 Å². The van der Waals surface area contributed by atoms with Crippen molar-refractivity contribution < 1.29 is 13.0 Å². The molecule has 0 amide bonds. The summed E-state index contributed by atoms with van der Waals surface area (Å²) < 4.78 is 30.8. The number of nitrogens with two attached hydrogens (primary N) is 1. The van der Waals surface area contributed by atoms with Crippen LogP contribution in [0.4, 0.5) is 0 Å². The minimum atomic E-state index is -4.02. The van der Waals surface area contributed by atoms with Crippen LogP contribution in [0.5, 0.6) is 0 Å². The molecule has 4 N–H and O–H groups in total. The number of fused-ring (bicyclic) bond motifs is 1. The van der Waals surface area contributed by atoms with Gasteiger partial charge in [-0.05, 0) is 31.2 Å². The van der Waals surface area contributed by atoms with Gasteiger partial charge in [0, 0.05) is 0 Å². The van der Waals surface area contributed by atoms with E-state index in [-0.39, 0.29) is 10.9 Å². The van der Waals surface area contributed by atoms with Crippen LogP contribution in [0.2, 0.25) is 0 Å². The summed E-state index contributed by atoms with van der Waals surface area (Å²) in [5, 5.41) is 14.7. The first-order valence-electron chi connectivity index (χ1n) is 6.48. The third-order valence-corrected chi connectivity index (χ3v) is 3.77. The zero-order valence-electron chi connectivity index (χ0n) is 12.2. The third kappa shape index (κ3) is 4.11. The van der Waals surface area contributed by atoms with E-state index in [9.17, 15) is 8.42 Å². The van der Waals surface area contributed by atoms with Crippen molar-refractivity contribution >= 4 is 27.1 Å². The summed E-state index contributed by atoms with van der Waals surface area (Å²) in [6.45, 7) is 1.84. The van der Waals surface area contributed by atoms with Gasteiger partial charge in [-0.1, -0.05) is 35.0 Å². The standard InChI is InChI=1S/C7H7N5.C7H8O3S/c8-7(9)12-6-4-2-1-3-5(6)10-11-12;1-6-2-4-7(5-3-6)11(8,9)10/h1-4H,(H3,8,9);2-5H,1H3,(H,8,9,10). The number of hydrogen-bond donors (Lipinski definition) is 3. The van der Waals surface area contributed by atoms with E-state index in [4.69, 9.17) is 15.7 Å². The van der Waals surface area contributed by atoms with E-state index in [1.165, 1.54) is 16.8 Å². The van der Waals surface area contributed by atoms with Gasteiger partial charge < -0.3 is 5.73 Å². The molecule has 2 aromatic carbocycles. The van der Waals surface area contributed by atoms with E-state index in [2.05, 4.69) is 10.3 Å². The first-order valence-corrected chi connectivity index (χ1v) is 7.92. The molecule has 0 aliphatic carbocycles. The topological polar surface area (TPSA) is 135 Å². The van der Waals surface area contributed by atoms with E-state index in [1.807, 2.05) is 31.2 Å².